The van der Waals surface area contributed by atoms with Crippen molar-refractivity contribution in [1.82, 2.24) is 5.32 Å². The van der Waals surface area contributed by atoms with Crippen molar-refractivity contribution in [2.24, 2.45) is 0 Å². The lowest BCUT2D eigenvalue weighted by Gasteiger charge is -2.18. The van der Waals surface area contributed by atoms with Gasteiger partial charge in [0.1, 0.15) is 12.4 Å². The van der Waals surface area contributed by atoms with Gasteiger partial charge in [-0.3, -0.25) is 0 Å². The molecule has 0 saturated heterocycles. The second kappa shape index (κ2) is 5.59. The molecule has 0 atom stereocenters. The molecule has 0 heterocycles. The van der Waals surface area contributed by atoms with Crippen molar-refractivity contribution >= 4 is 15.9 Å². The van der Waals surface area contributed by atoms with E-state index in [-0.39, 0.29) is 6.61 Å². The molecule has 1 fully saturated rings. The largest absolute Gasteiger partial charge is 0.489 e. The molecular weight excluding hydrogens is 294 g/mol. The van der Waals surface area contributed by atoms with Crippen molar-refractivity contribution in [1.29, 1.82) is 0 Å². The molecule has 1 aromatic carbocycles. The molecule has 4 heteroatoms. The standard InChI is InChI=1S/C14H20BrNO2/c1-14(2,17)9-18-13-6-3-10(7-12(13)15)8-16-11-4-5-11/h3,6-7,11,16-17H,4-5,8-9H2,1-2H3. The van der Waals surface area contributed by atoms with Gasteiger partial charge in [-0.25, -0.2) is 0 Å². The van der Waals surface area contributed by atoms with E-state index >= 15 is 0 Å². The van der Waals surface area contributed by atoms with Crippen LogP contribution < -0.4 is 10.1 Å². The monoisotopic (exact) mass is 313 g/mol. The summed E-state index contributed by atoms with van der Waals surface area (Å²) >= 11 is 3.50. The van der Waals surface area contributed by atoms with Gasteiger partial charge in [0, 0.05) is 12.6 Å². The predicted molar refractivity (Wildman–Crippen MR) is 75.8 cm³/mol. The number of aliphatic hydroxyl groups is 1. The molecule has 1 aliphatic rings. The van der Waals surface area contributed by atoms with E-state index in [1.807, 2.05) is 6.07 Å². The Labute approximate surface area is 117 Å². The van der Waals surface area contributed by atoms with Gasteiger partial charge in [-0.15, -0.1) is 0 Å². The van der Waals surface area contributed by atoms with Gasteiger partial charge in [0.25, 0.3) is 0 Å². The molecule has 0 spiro atoms. The summed E-state index contributed by atoms with van der Waals surface area (Å²) < 4.78 is 6.51. The lowest BCUT2D eigenvalue weighted by atomic mass is 10.1. The Morgan fingerprint density at radius 3 is 2.72 bits per heavy atom. The molecule has 0 aliphatic heterocycles. The van der Waals surface area contributed by atoms with Crippen molar-refractivity contribution in [3.63, 3.8) is 0 Å². The Morgan fingerprint density at radius 2 is 2.17 bits per heavy atom. The number of nitrogens with one attached hydrogen (secondary N) is 1. The van der Waals surface area contributed by atoms with Gasteiger partial charge in [-0.2, -0.15) is 0 Å². The van der Waals surface area contributed by atoms with Gasteiger partial charge < -0.3 is 15.2 Å². The van der Waals surface area contributed by atoms with E-state index in [1.165, 1.54) is 18.4 Å². The minimum Gasteiger partial charge on any atom is -0.489 e. The Hall–Kier alpha value is -0.580. The summed E-state index contributed by atoms with van der Waals surface area (Å²) in [6.07, 6.45) is 2.60. The van der Waals surface area contributed by atoms with Crippen LogP contribution in [0.2, 0.25) is 0 Å². The fraction of sp³-hybridized carbons (Fsp3) is 0.571. The molecular formula is C14H20BrNO2. The molecule has 18 heavy (non-hydrogen) atoms. The van der Waals surface area contributed by atoms with E-state index in [2.05, 4.69) is 33.4 Å². The maximum Gasteiger partial charge on any atom is 0.133 e. The molecule has 1 aliphatic carbocycles. The molecule has 0 radical (unpaired) electrons. The zero-order chi connectivity index (χ0) is 13.2. The fourth-order valence-corrected chi connectivity index (χ4v) is 2.12. The number of rotatable bonds is 6. The number of hydrogen-bond acceptors (Lipinski definition) is 3. The van der Waals surface area contributed by atoms with Crippen molar-refractivity contribution < 1.29 is 9.84 Å². The first-order valence-corrected chi connectivity index (χ1v) is 7.10. The molecule has 0 amide bonds. The molecule has 2 N–H and O–H groups in total. The summed E-state index contributed by atoms with van der Waals surface area (Å²) in [6.45, 7) is 4.64. The number of benzene rings is 1. The van der Waals surface area contributed by atoms with Crippen molar-refractivity contribution in [2.45, 2.75) is 44.9 Å². The third-order valence-corrected chi connectivity index (χ3v) is 3.37. The number of hydrogen-bond donors (Lipinski definition) is 2. The first kappa shape index (κ1) is 13.8. The summed E-state index contributed by atoms with van der Waals surface area (Å²) in [5, 5.41) is 13.1. The third kappa shape index (κ3) is 4.59. The second-order valence-corrected chi connectivity index (χ2v) is 6.38. The molecule has 3 nitrogen and oxygen atoms in total. The average Bonchev–Trinajstić information content (AvgIpc) is 3.07. The van der Waals surface area contributed by atoms with Crippen LogP contribution in [-0.4, -0.2) is 23.4 Å². The van der Waals surface area contributed by atoms with Gasteiger partial charge in [-0.1, -0.05) is 6.07 Å². The highest BCUT2D eigenvalue weighted by atomic mass is 79.9. The summed E-state index contributed by atoms with van der Waals surface area (Å²) in [4.78, 5) is 0. The fourth-order valence-electron chi connectivity index (χ4n) is 1.58. The lowest BCUT2D eigenvalue weighted by molar-refractivity contribution is 0.0282. The quantitative estimate of drug-likeness (QED) is 0.848. The van der Waals surface area contributed by atoms with Crippen LogP contribution in [0, 0.1) is 0 Å². The van der Waals surface area contributed by atoms with Gasteiger partial charge in [0.05, 0.1) is 10.1 Å². The van der Waals surface area contributed by atoms with E-state index in [0.29, 0.717) is 0 Å². The Morgan fingerprint density at radius 1 is 1.44 bits per heavy atom. The predicted octanol–water partition coefficient (Wildman–Crippen LogP) is 2.85. The molecule has 2 rings (SSSR count). The minimum atomic E-state index is -0.814. The van der Waals surface area contributed by atoms with Gasteiger partial charge in [-0.05, 0) is 60.3 Å². The minimum absolute atomic E-state index is 0.283. The first-order valence-electron chi connectivity index (χ1n) is 6.31. The zero-order valence-electron chi connectivity index (χ0n) is 10.9. The average molecular weight is 314 g/mol. The summed E-state index contributed by atoms with van der Waals surface area (Å²) in [5.74, 6) is 0.771. The van der Waals surface area contributed by atoms with Gasteiger partial charge in [0.15, 0.2) is 0 Å². The Kier molecular flexibility index (Phi) is 4.30. The highest BCUT2D eigenvalue weighted by Gasteiger charge is 2.20. The lowest BCUT2D eigenvalue weighted by Crippen LogP contribution is -2.27. The van der Waals surface area contributed by atoms with E-state index < -0.39 is 5.60 Å². The summed E-state index contributed by atoms with van der Waals surface area (Å²) in [6, 6.07) is 6.78. The first-order chi connectivity index (χ1) is 8.44. The number of halogens is 1. The number of ether oxygens (including phenoxy) is 1. The summed E-state index contributed by atoms with van der Waals surface area (Å²) in [7, 11) is 0. The molecule has 1 saturated carbocycles. The van der Waals surface area contributed by atoms with E-state index in [1.54, 1.807) is 13.8 Å². The molecule has 0 aromatic heterocycles. The van der Waals surface area contributed by atoms with Crippen LogP contribution in [0.1, 0.15) is 32.3 Å². The third-order valence-electron chi connectivity index (χ3n) is 2.75. The van der Waals surface area contributed by atoms with Gasteiger partial charge in [0.2, 0.25) is 0 Å². The molecule has 1 aromatic rings. The van der Waals surface area contributed by atoms with Crippen LogP contribution >= 0.6 is 15.9 Å². The van der Waals surface area contributed by atoms with Gasteiger partial charge >= 0.3 is 0 Å². The van der Waals surface area contributed by atoms with Crippen LogP contribution in [0.5, 0.6) is 5.75 Å². The van der Waals surface area contributed by atoms with Crippen molar-refractivity contribution in [3.05, 3.63) is 28.2 Å². The topological polar surface area (TPSA) is 41.5 Å². The molecule has 100 valence electrons. The molecule has 0 bridgehead atoms. The van der Waals surface area contributed by atoms with Crippen LogP contribution in [0.4, 0.5) is 0 Å². The molecule has 0 unspecified atom stereocenters. The van der Waals surface area contributed by atoms with Crippen LogP contribution in [0.15, 0.2) is 22.7 Å². The highest BCUT2D eigenvalue weighted by Crippen LogP contribution is 2.27. The Bertz CT molecular complexity index is 411. The maximum atomic E-state index is 9.63. The second-order valence-electron chi connectivity index (χ2n) is 5.52. The van der Waals surface area contributed by atoms with Crippen LogP contribution in [0.3, 0.4) is 0 Å². The maximum absolute atomic E-state index is 9.63. The van der Waals surface area contributed by atoms with Crippen LogP contribution in [-0.2, 0) is 6.54 Å². The van der Waals surface area contributed by atoms with E-state index in [0.717, 1.165) is 22.8 Å². The van der Waals surface area contributed by atoms with Crippen LogP contribution in [0.25, 0.3) is 0 Å². The van der Waals surface area contributed by atoms with Crippen molar-refractivity contribution in [2.75, 3.05) is 6.61 Å². The summed E-state index contributed by atoms with van der Waals surface area (Å²) in [5.41, 5.74) is 0.426. The normalized spacial score (nSPS) is 15.8. The Balaban J connectivity index is 1.91. The van der Waals surface area contributed by atoms with Crippen molar-refractivity contribution in [3.8, 4) is 5.75 Å². The highest BCUT2D eigenvalue weighted by molar-refractivity contribution is 9.10. The SMILES string of the molecule is CC(C)(O)COc1ccc(CNC2CC2)cc1Br. The smallest absolute Gasteiger partial charge is 0.133 e. The van der Waals surface area contributed by atoms with E-state index in [9.17, 15) is 5.11 Å². The van der Waals surface area contributed by atoms with E-state index in [4.69, 9.17) is 4.74 Å². The zero-order valence-corrected chi connectivity index (χ0v) is 12.5.